The van der Waals surface area contributed by atoms with Crippen LogP contribution in [0, 0.1) is 6.92 Å². The standard InChI is InChI=1S/C29H38ClN7/c1-21-13-14-25(19-26(21)30)33-29-35-27(31-23-11-7-2-3-8-12-23)34-28(36-29)32-24-15-17-37(18-16-24)20-22-9-5-4-6-10-22/h4-6,9-10,13-14,19,23-24H,2-3,7-8,11-12,15-18,20H2,1H3,(H3,31,32,33,34,35,36). The van der Waals surface area contributed by atoms with Crippen molar-refractivity contribution in [3.05, 3.63) is 64.7 Å². The number of hydrogen-bond acceptors (Lipinski definition) is 7. The Morgan fingerprint density at radius 1 is 0.784 bits per heavy atom. The molecule has 0 radical (unpaired) electrons. The largest absolute Gasteiger partial charge is 0.351 e. The molecule has 1 aromatic heterocycles. The minimum Gasteiger partial charge on any atom is -0.351 e. The number of benzene rings is 2. The van der Waals surface area contributed by atoms with E-state index in [9.17, 15) is 0 Å². The van der Waals surface area contributed by atoms with Crippen LogP contribution in [-0.4, -0.2) is 45.0 Å². The first-order valence-electron chi connectivity index (χ1n) is 13.7. The first-order valence-corrected chi connectivity index (χ1v) is 14.1. The van der Waals surface area contributed by atoms with E-state index in [1.807, 2.05) is 25.1 Å². The summed E-state index contributed by atoms with van der Waals surface area (Å²) < 4.78 is 0. The molecule has 196 valence electrons. The molecule has 1 saturated heterocycles. The van der Waals surface area contributed by atoms with Crippen molar-refractivity contribution in [1.82, 2.24) is 19.9 Å². The number of aromatic nitrogens is 3. The van der Waals surface area contributed by atoms with Crippen molar-refractivity contribution in [3.63, 3.8) is 0 Å². The summed E-state index contributed by atoms with van der Waals surface area (Å²) >= 11 is 6.36. The average molecular weight is 520 g/mol. The minimum absolute atomic E-state index is 0.335. The normalized spacial score (nSPS) is 17.8. The Labute approximate surface area is 225 Å². The fraction of sp³-hybridized carbons (Fsp3) is 0.483. The van der Waals surface area contributed by atoms with E-state index in [1.165, 1.54) is 31.2 Å². The van der Waals surface area contributed by atoms with Gasteiger partial charge in [0.1, 0.15) is 0 Å². The first-order chi connectivity index (χ1) is 18.1. The maximum Gasteiger partial charge on any atom is 0.233 e. The van der Waals surface area contributed by atoms with Gasteiger partial charge in [-0.2, -0.15) is 15.0 Å². The number of likely N-dealkylation sites (tertiary alicyclic amines) is 1. The van der Waals surface area contributed by atoms with Gasteiger partial charge in [-0.05, 0) is 55.9 Å². The zero-order valence-electron chi connectivity index (χ0n) is 21.7. The Bertz CT molecular complexity index is 1140. The molecule has 7 nitrogen and oxygen atoms in total. The van der Waals surface area contributed by atoms with Gasteiger partial charge < -0.3 is 16.0 Å². The predicted molar refractivity (Wildman–Crippen MR) is 153 cm³/mol. The molecule has 2 heterocycles. The fourth-order valence-corrected chi connectivity index (χ4v) is 5.41. The van der Waals surface area contributed by atoms with E-state index in [0.717, 1.165) is 61.6 Å². The summed E-state index contributed by atoms with van der Waals surface area (Å²) in [6.45, 7) is 5.11. The van der Waals surface area contributed by atoms with Gasteiger partial charge in [0, 0.05) is 42.4 Å². The zero-order valence-corrected chi connectivity index (χ0v) is 22.5. The molecule has 2 fully saturated rings. The summed E-state index contributed by atoms with van der Waals surface area (Å²) in [5.74, 6) is 1.77. The molecular weight excluding hydrogens is 482 g/mol. The Morgan fingerprint density at radius 3 is 2.05 bits per heavy atom. The summed E-state index contributed by atoms with van der Waals surface area (Å²) in [6, 6.07) is 17.3. The van der Waals surface area contributed by atoms with E-state index >= 15 is 0 Å². The van der Waals surface area contributed by atoms with Crippen molar-refractivity contribution in [3.8, 4) is 0 Å². The van der Waals surface area contributed by atoms with Crippen LogP contribution >= 0.6 is 11.6 Å². The molecule has 0 spiro atoms. The monoisotopic (exact) mass is 519 g/mol. The third kappa shape index (κ3) is 7.55. The second kappa shape index (κ2) is 12.6. The lowest BCUT2D eigenvalue weighted by atomic mass is 10.0. The molecule has 0 bridgehead atoms. The maximum atomic E-state index is 6.36. The van der Waals surface area contributed by atoms with Crippen LogP contribution in [-0.2, 0) is 6.54 Å². The van der Waals surface area contributed by atoms with Crippen molar-refractivity contribution >= 4 is 35.1 Å². The van der Waals surface area contributed by atoms with E-state index in [1.54, 1.807) is 0 Å². The van der Waals surface area contributed by atoms with Crippen LogP contribution < -0.4 is 16.0 Å². The molecular formula is C29H38ClN7. The van der Waals surface area contributed by atoms with Gasteiger partial charge in [0.2, 0.25) is 17.8 Å². The number of nitrogens with one attached hydrogen (secondary N) is 3. The molecule has 37 heavy (non-hydrogen) atoms. The maximum absolute atomic E-state index is 6.36. The van der Waals surface area contributed by atoms with Crippen LogP contribution in [0.2, 0.25) is 5.02 Å². The Balaban J connectivity index is 1.27. The van der Waals surface area contributed by atoms with Gasteiger partial charge >= 0.3 is 0 Å². The molecule has 5 rings (SSSR count). The zero-order chi connectivity index (χ0) is 25.5. The highest BCUT2D eigenvalue weighted by molar-refractivity contribution is 6.31. The van der Waals surface area contributed by atoms with Crippen molar-refractivity contribution in [2.24, 2.45) is 0 Å². The summed E-state index contributed by atoms with van der Waals surface area (Å²) in [5, 5.41) is 11.3. The number of anilines is 4. The van der Waals surface area contributed by atoms with Crippen molar-refractivity contribution in [1.29, 1.82) is 0 Å². The lowest BCUT2D eigenvalue weighted by Gasteiger charge is -2.32. The van der Waals surface area contributed by atoms with E-state index in [2.05, 4.69) is 51.2 Å². The van der Waals surface area contributed by atoms with Crippen LogP contribution in [0.1, 0.15) is 62.5 Å². The number of piperidine rings is 1. The van der Waals surface area contributed by atoms with Crippen molar-refractivity contribution in [2.45, 2.75) is 76.9 Å². The van der Waals surface area contributed by atoms with Crippen molar-refractivity contribution < 1.29 is 0 Å². The van der Waals surface area contributed by atoms with Crippen molar-refractivity contribution in [2.75, 3.05) is 29.0 Å². The van der Waals surface area contributed by atoms with Gasteiger partial charge in [-0.1, -0.05) is 73.7 Å². The molecule has 1 aliphatic heterocycles. The third-order valence-electron chi connectivity index (χ3n) is 7.42. The Morgan fingerprint density at radius 2 is 1.41 bits per heavy atom. The number of rotatable bonds is 8. The minimum atomic E-state index is 0.335. The molecule has 0 atom stereocenters. The summed E-state index contributed by atoms with van der Waals surface area (Å²) in [6.07, 6.45) is 9.55. The SMILES string of the molecule is Cc1ccc(Nc2nc(NC3CCCCCC3)nc(NC3CCN(Cc4ccccc4)CC3)n2)cc1Cl. The summed E-state index contributed by atoms with van der Waals surface area (Å²) in [7, 11) is 0. The van der Waals surface area contributed by atoms with Gasteiger partial charge in [-0.15, -0.1) is 0 Å². The van der Waals surface area contributed by atoms with E-state index < -0.39 is 0 Å². The van der Waals surface area contributed by atoms with Crippen LogP contribution in [0.15, 0.2) is 48.5 Å². The molecule has 3 N–H and O–H groups in total. The quantitative estimate of drug-likeness (QED) is 0.283. The van der Waals surface area contributed by atoms with E-state index in [4.69, 9.17) is 26.6 Å². The summed E-state index contributed by atoms with van der Waals surface area (Å²) in [4.78, 5) is 16.8. The molecule has 0 amide bonds. The summed E-state index contributed by atoms with van der Waals surface area (Å²) in [5.41, 5.74) is 3.27. The highest BCUT2D eigenvalue weighted by Crippen LogP contribution is 2.25. The highest BCUT2D eigenvalue weighted by Gasteiger charge is 2.21. The lowest BCUT2D eigenvalue weighted by Crippen LogP contribution is -2.39. The van der Waals surface area contributed by atoms with Crippen LogP contribution in [0.4, 0.5) is 23.5 Å². The fourth-order valence-electron chi connectivity index (χ4n) is 5.23. The number of aryl methyl sites for hydroxylation is 1. The lowest BCUT2D eigenvalue weighted by molar-refractivity contribution is 0.211. The highest BCUT2D eigenvalue weighted by atomic mass is 35.5. The second-order valence-corrected chi connectivity index (χ2v) is 10.8. The molecule has 2 aliphatic rings. The molecule has 0 unspecified atom stereocenters. The molecule has 8 heteroatoms. The van der Waals surface area contributed by atoms with E-state index in [0.29, 0.717) is 29.9 Å². The number of halogens is 1. The van der Waals surface area contributed by atoms with Crippen LogP contribution in [0.25, 0.3) is 0 Å². The molecule has 3 aromatic rings. The van der Waals surface area contributed by atoms with Gasteiger partial charge in [0.05, 0.1) is 0 Å². The molecule has 2 aromatic carbocycles. The predicted octanol–water partition coefficient (Wildman–Crippen LogP) is 6.79. The first kappa shape index (κ1) is 25.7. The Kier molecular flexibility index (Phi) is 8.74. The topological polar surface area (TPSA) is 78.0 Å². The number of nitrogens with zero attached hydrogens (tertiary/aromatic N) is 4. The van der Waals surface area contributed by atoms with E-state index in [-0.39, 0.29) is 0 Å². The average Bonchev–Trinajstić information content (AvgIpc) is 3.17. The van der Waals surface area contributed by atoms with Gasteiger partial charge in [-0.3, -0.25) is 4.90 Å². The molecule has 1 saturated carbocycles. The van der Waals surface area contributed by atoms with Gasteiger partial charge in [-0.25, -0.2) is 0 Å². The smallest absolute Gasteiger partial charge is 0.233 e. The van der Waals surface area contributed by atoms with Gasteiger partial charge in [0.25, 0.3) is 0 Å². The third-order valence-corrected chi connectivity index (χ3v) is 7.83. The Hall–Kier alpha value is -2.90. The van der Waals surface area contributed by atoms with Gasteiger partial charge in [0.15, 0.2) is 0 Å². The number of hydrogen-bond donors (Lipinski definition) is 3. The van der Waals surface area contributed by atoms with Crippen LogP contribution in [0.5, 0.6) is 0 Å². The molecule has 1 aliphatic carbocycles. The van der Waals surface area contributed by atoms with Crippen LogP contribution in [0.3, 0.4) is 0 Å². The second-order valence-electron chi connectivity index (χ2n) is 10.4.